The van der Waals surface area contributed by atoms with E-state index < -0.39 is 6.04 Å². The number of allylic oxidation sites excluding steroid dienone is 1. The third-order valence-corrected chi connectivity index (χ3v) is 6.82. The number of nitrogens with zero attached hydrogens (tertiary/aromatic N) is 5. The number of guanidine groups is 1. The van der Waals surface area contributed by atoms with Crippen LogP contribution >= 0.6 is 0 Å². The summed E-state index contributed by atoms with van der Waals surface area (Å²) >= 11 is 0. The van der Waals surface area contributed by atoms with Crippen molar-refractivity contribution in [3.63, 3.8) is 0 Å². The van der Waals surface area contributed by atoms with E-state index in [0.29, 0.717) is 24.1 Å². The highest BCUT2D eigenvalue weighted by Gasteiger charge is 2.48. The summed E-state index contributed by atoms with van der Waals surface area (Å²) in [4.78, 5) is 34.9. The number of carbonyl (C=O) groups is 2. The summed E-state index contributed by atoms with van der Waals surface area (Å²) in [5.41, 5.74) is 4.11. The lowest BCUT2D eigenvalue weighted by atomic mass is 9.88. The molecule has 0 spiro atoms. The Bertz CT molecular complexity index is 1130. The van der Waals surface area contributed by atoms with E-state index in [1.807, 2.05) is 27.7 Å². The second kappa shape index (κ2) is 10.4. The van der Waals surface area contributed by atoms with Crippen molar-refractivity contribution in [1.82, 2.24) is 30.6 Å². The molecule has 2 aromatic heterocycles. The van der Waals surface area contributed by atoms with Gasteiger partial charge in [0.25, 0.3) is 5.91 Å². The molecule has 1 atom stereocenters. The molecule has 4 rings (SSSR count). The largest absolute Gasteiger partial charge is 0.339 e. The van der Waals surface area contributed by atoms with Gasteiger partial charge in [0.1, 0.15) is 11.7 Å². The van der Waals surface area contributed by atoms with E-state index in [-0.39, 0.29) is 23.7 Å². The Hall–Kier alpha value is -3.56. The Kier molecular flexibility index (Phi) is 7.28. The van der Waals surface area contributed by atoms with Gasteiger partial charge in [-0.25, -0.2) is 9.98 Å². The molecular weight excluding hydrogens is 444 g/mol. The Morgan fingerprint density at radius 3 is 2.51 bits per heavy atom. The summed E-state index contributed by atoms with van der Waals surface area (Å²) in [5, 5.41) is 17.2. The molecule has 0 unspecified atom stereocenters. The highest BCUT2D eigenvalue weighted by molar-refractivity contribution is 6.03. The molecule has 0 aliphatic heterocycles. The molecule has 2 saturated carbocycles. The van der Waals surface area contributed by atoms with E-state index in [1.165, 1.54) is 0 Å². The zero-order chi connectivity index (χ0) is 25.1. The first-order chi connectivity index (χ1) is 16.8. The van der Waals surface area contributed by atoms with E-state index in [0.717, 1.165) is 48.2 Å². The molecule has 0 saturated heterocycles. The Labute approximate surface area is 205 Å². The number of aromatic amines is 1. The minimum atomic E-state index is -0.682. The van der Waals surface area contributed by atoms with Gasteiger partial charge in [0.2, 0.25) is 11.9 Å². The van der Waals surface area contributed by atoms with Crippen molar-refractivity contribution < 1.29 is 9.59 Å². The van der Waals surface area contributed by atoms with Gasteiger partial charge >= 0.3 is 0 Å². The maximum absolute atomic E-state index is 13.5. The molecule has 0 radical (unpaired) electrons. The van der Waals surface area contributed by atoms with Crippen LogP contribution in [0.3, 0.4) is 0 Å². The van der Waals surface area contributed by atoms with Crippen LogP contribution in [-0.4, -0.2) is 50.5 Å². The molecule has 0 aromatic carbocycles. The van der Waals surface area contributed by atoms with Gasteiger partial charge in [-0.2, -0.15) is 10.2 Å². The molecule has 10 heteroatoms. The van der Waals surface area contributed by atoms with Gasteiger partial charge in [-0.15, -0.1) is 0 Å². The smallest absolute Gasteiger partial charge is 0.270 e. The highest BCUT2D eigenvalue weighted by Crippen LogP contribution is 2.50. The second-order valence-electron chi connectivity index (χ2n) is 9.46. The number of rotatable bonds is 9. The topological polar surface area (TPSA) is 129 Å². The fraction of sp³-hybridized carbons (Fsp3) is 0.520. The maximum atomic E-state index is 13.5. The van der Waals surface area contributed by atoms with Gasteiger partial charge in [-0.1, -0.05) is 0 Å². The average molecular weight is 479 g/mol. The average Bonchev–Trinajstić information content (AvgIpc) is 3.77. The maximum Gasteiger partial charge on any atom is 0.270 e. The van der Waals surface area contributed by atoms with Crippen molar-refractivity contribution in [2.45, 2.75) is 66.0 Å². The molecular formula is C25H34N8O2. The van der Waals surface area contributed by atoms with Crippen LogP contribution in [0.1, 0.15) is 67.0 Å². The predicted octanol–water partition coefficient (Wildman–Crippen LogP) is 3.01. The minimum Gasteiger partial charge on any atom is -0.339 e. The summed E-state index contributed by atoms with van der Waals surface area (Å²) < 4.78 is 1.62. The van der Waals surface area contributed by atoms with Crippen LogP contribution in [0.5, 0.6) is 0 Å². The number of H-pyrrole nitrogens is 1. The van der Waals surface area contributed by atoms with E-state index in [1.54, 1.807) is 23.1 Å². The molecule has 2 aromatic rings. The van der Waals surface area contributed by atoms with Gasteiger partial charge in [0.05, 0.1) is 5.69 Å². The van der Waals surface area contributed by atoms with E-state index in [9.17, 15) is 9.59 Å². The van der Waals surface area contributed by atoms with Gasteiger partial charge in [0.15, 0.2) is 0 Å². The van der Waals surface area contributed by atoms with Gasteiger partial charge in [-0.3, -0.25) is 24.7 Å². The second-order valence-corrected chi connectivity index (χ2v) is 9.46. The fourth-order valence-electron chi connectivity index (χ4n) is 4.88. The van der Waals surface area contributed by atoms with Crippen LogP contribution in [-0.2, 0) is 11.3 Å². The number of aromatic nitrogens is 4. The number of hydrogen-bond acceptors (Lipinski definition) is 5. The molecule has 2 amide bonds. The van der Waals surface area contributed by atoms with Crippen molar-refractivity contribution in [3.8, 4) is 0 Å². The van der Waals surface area contributed by atoms with Crippen LogP contribution in [0, 0.1) is 31.6 Å². The molecule has 186 valence electrons. The van der Waals surface area contributed by atoms with Crippen molar-refractivity contribution in [2.75, 3.05) is 0 Å². The Morgan fingerprint density at radius 2 is 1.97 bits per heavy atom. The van der Waals surface area contributed by atoms with Gasteiger partial charge < -0.3 is 5.32 Å². The first-order valence-electron chi connectivity index (χ1n) is 12.2. The van der Waals surface area contributed by atoms with E-state index in [2.05, 4.69) is 42.6 Å². The SMILES string of the molecule is C=N/C(=N\C=C(/C)c1c(C)n[nH]c1C)NC(=O)[C@@H](NC(=O)c1ccnn1CC)C(C1CC1)C1CC1. The molecule has 3 N–H and O–H groups in total. The standard InChI is InChI=1S/C25H34N8O2/c1-6-33-19(11-12-28-33)23(34)29-22(21(17-7-8-17)18-9-10-18)24(35)30-25(26-5)27-13-14(2)20-15(3)31-32-16(20)4/h11-13,17-18,21-22H,5-10H2,1-4H3,(H,29,34)(H,31,32)(H,27,30,35)/b14-13+/t22-/m0/s1. The van der Waals surface area contributed by atoms with Crippen LogP contribution in [0.4, 0.5) is 0 Å². The Morgan fingerprint density at radius 1 is 1.29 bits per heavy atom. The summed E-state index contributed by atoms with van der Waals surface area (Å²) in [7, 11) is 0. The van der Waals surface area contributed by atoms with Crippen molar-refractivity contribution in [2.24, 2.45) is 27.7 Å². The van der Waals surface area contributed by atoms with Crippen molar-refractivity contribution in [3.05, 3.63) is 41.1 Å². The number of nitrogens with one attached hydrogen (secondary N) is 3. The zero-order valence-corrected chi connectivity index (χ0v) is 20.8. The first-order valence-corrected chi connectivity index (χ1v) is 12.2. The summed E-state index contributed by atoms with van der Waals surface area (Å²) in [6.07, 6.45) is 7.57. The normalized spacial score (nSPS) is 17.4. The number of hydrogen-bond donors (Lipinski definition) is 3. The van der Waals surface area contributed by atoms with Crippen LogP contribution in [0.25, 0.3) is 5.57 Å². The third kappa shape index (κ3) is 5.58. The first kappa shape index (κ1) is 24.6. The predicted molar refractivity (Wildman–Crippen MR) is 135 cm³/mol. The van der Waals surface area contributed by atoms with Crippen LogP contribution in [0.15, 0.2) is 28.4 Å². The number of carbonyl (C=O) groups excluding carboxylic acids is 2. The van der Waals surface area contributed by atoms with Crippen LogP contribution < -0.4 is 10.6 Å². The molecule has 2 fully saturated rings. The quantitative estimate of drug-likeness (QED) is 0.378. The zero-order valence-electron chi connectivity index (χ0n) is 20.8. The summed E-state index contributed by atoms with van der Waals surface area (Å²) in [5.74, 6) is 0.453. The molecule has 2 heterocycles. The molecule has 10 nitrogen and oxygen atoms in total. The van der Waals surface area contributed by atoms with E-state index in [4.69, 9.17) is 0 Å². The molecule has 0 bridgehead atoms. The number of aryl methyl sites for hydroxylation is 3. The van der Waals surface area contributed by atoms with Crippen molar-refractivity contribution in [1.29, 1.82) is 0 Å². The summed E-state index contributed by atoms with van der Waals surface area (Å²) in [6, 6.07) is 0.987. The lowest BCUT2D eigenvalue weighted by molar-refractivity contribution is -0.123. The lowest BCUT2D eigenvalue weighted by Gasteiger charge is -2.27. The summed E-state index contributed by atoms with van der Waals surface area (Å²) in [6.45, 7) is 11.8. The highest BCUT2D eigenvalue weighted by atomic mass is 16.2. The monoisotopic (exact) mass is 478 g/mol. The van der Waals surface area contributed by atoms with E-state index >= 15 is 0 Å². The molecule has 35 heavy (non-hydrogen) atoms. The molecule has 2 aliphatic carbocycles. The van der Waals surface area contributed by atoms with Gasteiger partial charge in [-0.05, 0) is 89.5 Å². The fourth-order valence-corrected chi connectivity index (χ4v) is 4.88. The number of amides is 2. The molecule has 2 aliphatic rings. The number of aliphatic imine (C=N–C) groups is 2. The third-order valence-electron chi connectivity index (χ3n) is 6.82. The van der Waals surface area contributed by atoms with Gasteiger partial charge in [0, 0.05) is 30.2 Å². The minimum absolute atomic E-state index is 0.0938. The lowest BCUT2D eigenvalue weighted by Crippen LogP contribution is -2.53. The van der Waals surface area contributed by atoms with Crippen LogP contribution in [0.2, 0.25) is 0 Å². The van der Waals surface area contributed by atoms with Crippen molar-refractivity contribution >= 4 is 30.1 Å². The Balaban J connectivity index is 1.55.